The Morgan fingerprint density at radius 3 is 2.69 bits per heavy atom. The van der Waals surface area contributed by atoms with E-state index in [2.05, 4.69) is 41.9 Å². The van der Waals surface area contributed by atoms with Gasteiger partial charge in [-0.15, -0.1) is 0 Å². The zero-order valence-corrected chi connectivity index (χ0v) is 9.94. The largest absolute Gasteiger partial charge is 0.371 e. The van der Waals surface area contributed by atoms with Crippen molar-refractivity contribution < 1.29 is 4.74 Å². The van der Waals surface area contributed by atoms with Crippen molar-refractivity contribution in [2.45, 2.75) is 31.8 Å². The van der Waals surface area contributed by atoms with Crippen molar-refractivity contribution in [3.05, 3.63) is 23.9 Å². The van der Waals surface area contributed by atoms with Crippen LogP contribution in [0.5, 0.6) is 0 Å². The predicted molar refractivity (Wildman–Crippen MR) is 63.8 cm³/mol. The molecule has 0 N–H and O–H groups in total. The Labute approximate surface area is 96.4 Å². The summed E-state index contributed by atoms with van der Waals surface area (Å²) in [5, 5.41) is 0. The third-order valence-corrected chi connectivity index (χ3v) is 3.60. The topological polar surface area (TPSA) is 25.4 Å². The Morgan fingerprint density at radius 1 is 1.38 bits per heavy atom. The van der Waals surface area contributed by atoms with E-state index in [1.807, 2.05) is 0 Å². The molecule has 1 aromatic heterocycles. The zero-order chi connectivity index (χ0) is 11.2. The van der Waals surface area contributed by atoms with Crippen LogP contribution in [0, 0.1) is 0 Å². The number of anilines is 1. The van der Waals surface area contributed by atoms with Crippen LogP contribution < -0.4 is 4.90 Å². The van der Waals surface area contributed by atoms with Gasteiger partial charge in [0.05, 0.1) is 19.7 Å². The second-order valence-electron chi connectivity index (χ2n) is 5.21. The molecule has 3 heteroatoms. The summed E-state index contributed by atoms with van der Waals surface area (Å²) in [5.74, 6) is 1.60. The molecular formula is C13H18N2O. The normalized spacial score (nSPS) is 22.1. The minimum absolute atomic E-state index is 0.190. The molecule has 0 aromatic carbocycles. The molecule has 1 aromatic rings. The molecule has 2 fully saturated rings. The molecule has 3 nitrogen and oxygen atoms in total. The fourth-order valence-corrected chi connectivity index (χ4v) is 2.39. The lowest BCUT2D eigenvalue weighted by Crippen LogP contribution is -2.68. The fourth-order valence-electron chi connectivity index (χ4n) is 2.39. The molecule has 0 unspecified atom stereocenters. The Morgan fingerprint density at radius 2 is 2.12 bits per heavy atom. The average Bonchev–Trinajstić information content (AvgIpc) is 2.14. The third-order valence-electron chi connectivity index (χ3n) is 3.60. The summed E-state index contributed by atoms with van der Waals surface area (Å²) < 4.78 is 5.61. The summed E-state index contributed by atoms with van der Waals surface area (Å²) in [5.41, 5.74) is 1.36. The highest BCUT2D eigenvalue weighted by Crippen LogP contribution is 2.38. The van der Waals surface area contributed by atoms with Crippen LogP contribution in [0.15, 0.2) is 18.2 Å². The van der Waals surface area contributed by atoms with E-state index in [1.54, 1.807) is 0 Å². The maximum absolute atomic E-state index is 5.61. The van der Waals surface area contributed by atoms with Gasteiger partial charge in [-0.25, -0.2) is 4.98 Å². The van der Waals surface area contributed by atoms with E-state index in [4.69, 9.17) is 4.74 Å². The molecule has 86 valence electrons. The van der Waals surface area contributed by atoms with Crippen LogP contribution >= 0.6 is 0 Å². The number of hydrogen-bond donors (Lipinski definition) is 0. The first-order chi connectivity index (χ1) is 7.69. The minimum Gasteiger partial charge on any atom is -0.371 e. The maximum Gasteiger partial charge on any atom is 0.129 e. The van der Waals surface area contributed by atoms with Crippen LogP contribution in [0.2, 0.25) is 0 Å². The number of pyridine rings is 1. The van der Waals surface area contributed by atoms with Crippen LogP contribution in [0.25, 0.3) is 0 Å². The van der Waals surface area contributed by atoms with Gasteiger partial charge >= 0.3 is 0 Å². The second-order valence-corrected chi connectivity index (χ2v) is 5.21. The quantitative estimate of drug-likeness (QED) is 0.760. The van der Waals surface area contributed by atoms with Gasteiger partial charge in [-0.1, -0.05) is 19.9 Å². The monoisotopic (exact) mass is 218 g/mol. The van der Waals surface area contributed by atoms with Crippen molar-refractivity contribution in [3.8, 4) is 0 Å². The van der Waals surface area contributed by atoms with Gasteiger partial charge in [0.25, 0.3) is 0 Å². The summed E-state index contributed by atoms with van der Waals surface area (Å²) in [7, 11) is 0. The van der Waals surface area contributed by atoms with Crippen molar-refractivity contribution in [1.82, 2.24) is 4.98 Å². The first-order valence-corrected chi connectivity index (χ1v) is 6.04. The van der Waals surface area contributed by atoms with Gasteiger partial charge in [0.2, 0.25) is 0 Å². The van der Waals surface area contributed by atoms with E-state index in [0.29, 0.717) is 5.92 Å². The van der Waals surface area contributed by atoms with E-state index in [9.17, 15) is 0 Å². The first kappa shape index (κ1) is 10.1. The molecule has 0 radical (unpaired) electrons. The molecule has 3 rings (SSSR count). The molecule has 1 spiro atoms. The lowest BCUT2D eigenvalue weighted by Gasteiger charge is -2.55. The SMILES string of the molecule is CC(C)c1cccc(N2CC3(CCO3)C2)n1. The minimum atomic E-state index is 0.190. The lowest BCUT2D eigenvalue weighted by atomic mass is 9.86. The predicted octanol–water partition coefficient (Wildman–Crippen LogP) is 2.18. The molecule has 2 aliphatic heterocycles. The summed E-state index contributed by atoms with van der Waals surface area (Å²) in [6.45, 7) is 7.33. The molecule has 2 saturated heterocycles. The fraction of sp³-hybridized carbons (Fsp3) is 0.615. The Kier molecular flexibility index (Phi) is 2.18. The van der Waals surface area contributed by atoms with Crippen molar-refractivity contribution in [1.29, 1.82) is 0 Å². The molecule has 0 atom stereocenters. The van der Waals surface area contributed by atoms with E-state index in [-0.39, 0.29) is 5.60 Å². The Hall–Kier alpha value is -1.09. The maximum atomic E-state index is 5.61. The standard InChI is InChI=1S/C13H18N2O/c1-10(2)11-4-3-5-12(14-11)15-8-13(9-15)6-7-16-13/h3-5,10H,6-9H2,1-2H3. The number of rotatable bonds is 2. The van der Waals surface area contributed by atoms with Crippen molar-refractivity contribution >= 4 is 5.82 Å². The van der Waals surface area contributed by atoms with Gasteiger partial charge in [0.15, 0.2) is 0 Å². The number of nitrogens with zero attached hydrogens (tertiary/aromatic N) is 2. The van der Waals surface area contributed by atoms with Crippen LogP contribution in [-0.2, 0) is 4.74 Å². The van der Waals surface area contributed by atoms with Crippen molar-refractivity contribution in [2.24, 2.45) is 0 Å². The van der Waals surface area contributed by atoms with Gasteiger partial charge in [-0.05, 0) is 18.1 Å². The summed E-state index contributed by atoms with van der Waals surface area (Å²) in [6.07, 6.45) is 1.22. The highest BCUT2D eigenvalue weighted by molar-refractivity contribution is 5.45. The molecular weight excluding hydrogens is 200 g/mol. The first-order valence-electron chi connectivity index (χ1n) is 6.04. The molecule has 0 aliphatic carbocycles. The van der Waals surface area contributed by atoms with Gasteiger partial charge in [-0.3, -0.25) is 0 Å². The number of hydrogen-bond acceptors (Lipinski definition) is 3. The smallest absolute Gasteiger partial charge is 0.129 e. The van der Waals surface area contributed by atoms with Gasteiger partial charge in [0.1, 0.15) is 11.4 Å². The van der Waals surface area contributed by atoms with E-state index in [0.717, 1.165) is 25.5 Å². The van der Waals surface area contributed by atoms with E-state index < -0.39 is 0 Å². The summed E-state index contributed by atoms with van der Waals surface area (Å²) >= 11 is 0. The van der Waals surface area contributed by atoms with E-state index >= 15 is 0 Å². The lowest BCUT2D eigenvalue weighted by molar-refractivity contribution is -0.161. The average molecular weight is 218 g/mol. The van der Waals surface area contributed by atoms with Crippen LogP contribution in [0.4, 0.5) is 5.82 Å². The zero-order valence-electron chi connectivity index (χ0n) is 9.94. The van der Waals surface area contributed by atoms with Gasteiger partial charge in [0, 0.05) is 12.1 Å². The third kappa shape index (κ3) is 1.50. The molecule has 0 amide bonds. The summed E-state index contributed by atoms with van der Waals surface area (Å²) in [4.78, 5) is 7.00. The van der Waals surface area contributed by atoms with Crippen LogP contribution in [0.1, 0.15) is 31.9 Å². The van der Waals surface area contributed by atoms with Gasteiger partial charge in [-0.2, -0.15) is 0 Å². The van der Waals surface area contributed by atoms with Crippen LogP contribution in [-0.4, -0.2) is 30.3 Å². The second kappa shape index (κ2) is 3.45. The molecule has 3 heterocycles. The highest BCUT2D eigenvalue weighted by Gasteiger charge is 2.49. The van der Waals surface area contributed by atoms with E-state index in [1.165, 1.54) is 12.1 Å². The Balaban J connectivity index is 1.73. The Bertz CT molecular complexity index is 391. The molecule has 0 saturated carbocycles. The van der Waals surface area contributed by atoms with Crippen molar-refractivity contribution in [3.63, 3.8) is 0 Å². The number of aromatic nitrogens is 1. The molecule has 0 bridgehead atoms. The number of ether oxygens (including phenoxy) is 1. The molecule has 2 aliphatic rings. The molecule has 16 heavy (non-hydrogen) atoms. The summed E-state index contributed by atoms with van der Waals surface area (Å²) in [6, 6.07) is 6.30. The highest BCUT2D eigenvalue weighted by atomic mass is 16.5. The van der Waals surface area contributed by atoms with Gasteiger partial charge < -0.3 is 9.64 Å². The van der Waals surface area contributed by atoms with Crippen LogP contribution in [0.3, 0.4) is 0 Å². The van der Waals surface area contributed by atoms with Crippen molar-refractivity contribution in [2.75, 3.05) is 24.6 Å².